The van der Waals surface area contributed by atoms with Crippen LogP contribution in [0.25, 0.3) is 22.3 Å². The van der Waals surface area contributed by atoms with E-state index in [2.05, 4.69) is 172 Å². The van der Waals surface area contributed by atoms with Crippen molar-refractivity contribution < 1.29 is 0 Å². The Kier molecular flexibility index (Phi) is 7.89. The van der Waals surface area contributed by atoms with E-state index in [1.54, 1.807) is 11.1 Å². The Bertz CT molecular complexity index is 2430. The number of fused-ring (bicyclic) bond motifs is 3. The van der Waals surface area contributed by atoms with Gasteiger partial charge in [-0.05, 0) is 155 Å². The van der Waals surface area contributed by atoms with Gasteiger partial charge >= 0.3 is 0 Å². The molecule has 4 saturated carbocycles. The number of benzene rings is 6. The number of nitrogens with zero attached hydrogens (tertiary/aromatic N) is 1. The molecule has 1 nitrogen and oxygen atoms in total. The molecule has 4 bridgehead atoms. The van der Waals surface area contributed by atoms with Crippen LogP contribution in [0.1, 0.15) is 94.9 Å². The van der Waals surface area contributed by atoms with Gasteiger partial charge in [-0.15, -0.1) is 0 Å². The van der Waals surface area contributed by atoms with Gasteiger partial charge in [0, 0.05) is 26.5 Å². The van der Waals surface area contributed by atoms with E-state index >= 15 is 0 Å². The molecule has 6 aliphatic rings. The van der Waals surface area contributed by atoms with Crippen molar-refractivity contribution in [2.24, 2.45) is 23.7 Å². The van der Waals surface area contributed by atoms with Crippen molar-refractivity contribution in [3.8, 4) is 22.3 Å². The third kappa shape index (κ3) is 5.20. The Balaban J connectivity index is 1.20. The lowest BCUT2D eigenvalue weighted by Crippen LogP contribution is -2.57. The zero-order valence-corrected chi connectivity index (χ0v) is 34.2. The highest BCUT2D eigenvalue weighted by molar-refractivity contribution is 7.99. The molecule has 0 radical (unpaired) electrons. The molecule has 0 atom stereocenters. The zero-order valence-electron chi connectivity index (χ0n) is 33.4. The molecule has 0 saturated heterocycles. The summed E-state index contributed by atoms with van der Waals surface area (Å²) in [4.78, 5) is 5.59. The van der Waals surface area contributed by atoms with Gasteiger partial charge in [0.15, 0.2) is 0 Å². The Morgan fingerprint density at radius 2 is 1.07 bits per heavy atom. The van der Waals surface area contributed by atoms with Crippen LogP contribution in [0.5, 0.6) is 0 Å². The van der Waals surface area contributed by atoms with Gasteiger partial charge in [0.05, 0.1) is 11.4 Å². The lowest BCUT2D eigenvalue weighted by atomic mass is 9.42. The molecule has 4 fully saturated rings. The van der Waals surface area contributed by atoms with E-state index in [0.717, 1.165) is 11.8 Å². The summed E-state index contributed by atoms with van der Waals surface area (Å²) in [5, 5.41) is 0. The van der Waals surface area contributed by atoms with Gasteiger partial charge in [-0.25, -0.2) is 0 Å². The minimum Gasteiger partial charge on any atom is -0.310 e. The predicted molar refractivity (Wildman–Crippen MR) is 236 cm³/mol. The zero-order chi connectivity index (χ0) is 37.8. The summed E-state index contributed by atoms with van der Waals surface area (Å²) in [5.74, 6) is 3.24. The molecule has 6 aromatic carbocycles. The second-order valence-electron chi connectivity index (χ2n) is 19.2. The van der Waals surface area contributed by atoms with Crippen molar-refractivity contribution in [1.82, 2.24) is 0 Å². The first-order chi connectivity index (χ1) is 27.2. The number of hydrogen-bond acceptors (Lipinski definition) is 2. The largest absolute Gasteiger partial charge is 0.310 e. The van der Waals surface area contributed by atoms with Gasteiger partial charge < -0.3 is 4.90 Å². The second kappa shape index (κ2) is 12.7. The van der Waals surface area contributed by atoms with Crippen molar-refractivity contribution in [2.45, 2.75) is 98.7 Å². The van der Waals surface area contributed by atoms with Crippen LogP contribution in [0.2, 0.25) is 0 Å². The van der Waals surface area contributed by atoms with Crippen molar-refractivity contribution in [2.75, 3.05) is 4.90 Å². The molecule has 1 heterocycles. The van der Waals surface area contributed by atoms with Gasteiger partial charge in [-0.1, -0.05) is 143 Å². The quantitative estimate of drug-likeness (QED) is 0.173. The molecule has 5 aliphatic carbocycles. The Labute approximate surface area is 338 Å². The SMILES string of the molecule is CC1(C)CCC(C)(C)c2c(N(c3ccc(-c4ccccc4)cc3)c3cc4c(cc3-c3ccccc3)C3(c5ccccc5S4)C4CC5CC(C4)CC3C5)cccc21. The maximum atomic E-state index is 2.71. The molecule has 2 heteroatoms. The summed E-state index contributed by atoms with van der Waals surface area (Å²) in [5.41, 5.74) is 15.4. The molecular formula is C54H53NS. The average molecular weight is 748 g/mol. The van der Waals surface area contributed by atoms with Gasteiger partial charge in [0.25, 0.3) is 0 Å². The Morgan fingerprint density at radius 3 is 1.77 bits per heavy atom. The van der Waals surface area contributed by atoms with Crippen LogP contribution in [0.3, 0.4) is 0 Å². The van der Waals surface area contributed by atoms with Crippen molar-refractivity contribution in [3.05, 3.63) is 162 Å². The van der Waals surface area contributed by atoms with E-state index in [1.807, 2.05) is 11.8 Å². The minimum absolute atomic E-state index is 0.0307. The molecule has 0 unspecified atom stereocenters. The van der Waals surface area contributed by atoms with Gasteiger partial charge in [-0.2, -0.15) is 0 Å². The summed E-state index contributed by atoms with van der Waals surface area (Å²) < 4.78 is 0. The molecule has 56 heavy (non-hydrogen) atoms. The molecule has 0 N–H and O–H groups in total. The summed E-state index contributed by atoms with van der Waals surface area (Å²) in [7, 11) is 0. The van der Waals surface area contributed by atoms with Gasteiger partial charge in [0.1, 0.15) is 0 Å². The van der Waals surface area contributed by atoms with Gasteiger partial charge in [0.2, 0.25) is 0 Å². The second-order valence-corrected chi connectivity index (χ2v) is 20.3. The van der Waals surface area contributed by atoms with Crippen molar-refractivity contribution >= 4 is 28.8 Å². The molecule has 12 rings (SSSR count). The normalized spacial score (nSPS) is 26.0. The fourth-order valence-electron chi connectivity index (χ4n) is 12.7. The van der Waals surface area contributed by atoms with Crippen LogP contribution in [0.4, 0.5) is 17.1 Å². The lowest BCUT2D eigenvalue weighted by molar-refractivity contribution is -0.0443. The smallest absolute Gasteiger partial charge is 0.0551 e. The van der Waals surface area contributed by atoms with Crippen LogP contribution < -0.4 is 4.90 Å². The van der Waals surface area contributed by atoms with E-state index in [1.165, 1.54) is 105 Å². The number of anilines is 3. The molecular weight excluding hydrogens is 695 g/mol. The maximum absolute atomic E-state index is 2.71. The summed E-state index contributed by atoms with van der Waals surface area (Å²) in [6, 6.07) is 53.6. The molecule has 280 valence electrons. The predicted octanol–water partition coefficient (Wildman–Crippen LogP) is 15.0. The highest BCUT2D eigenvalue weighted by Gasteiger charge is 2.61. The third-order valence-corrected chi connectivity index (χ3v) is 16.3. The van der Waals surface area contributed by atoms with E-state index < -0.39 is 0 Å². The molecule has 6 aromatic rings. The van der Waals surface area contributed by atoms with E-state index in [9.17, 15) is 0 Å². The van der Waals surface area contributed by atoms with E-state index in [-0.39, 0.29) is 16.2 Å². The molecule has 1 aliphatic heterocycles. The van der Waals surface area contributed by atoms with Crippen LogP contribution in [0.15, 0.2) is 149 Å². The van der Waals surface area contributed by atoms with Crippen LogP contribution in [0, 0.1) is 23.7 Å². The fourth-order valence-corrected chi connectivity index (χ4v) is 13.9. The summed E-state index contributed by atoms with van der Waals surface area (Å²) in [6.45, 7) is 9.87. The lowest BCUT2D eigenvalue weighted by Gasteiger charge is -2.63. The number of hydrogen-bond donors (Lipinski definition) is 0. The average Bonchev–Trinajstić information content (AvgIpc) is 3.21. The van der Waals surface area contributed by atoms with Crippen molar-refractivity contribution in [1.29, 1.82) is 0 Å². The van der Waals surface area contributed by atoms with E-state index in [0.29, 0.717) is 11.8 Å². The number of rotatable bonds is 5. The maximum Gasteiger partial charge on any atom is 0.0551 e. The third-order valence-electron chi connectivity index (χ3n) is 15.1. The summed E-state index contributed by atoms with van der Waals surface area (Å²) in [6.07, 6.45) is 9.36. The van der Waals surface area contributed by atoms with E-state index in [4.69, 9.17) is 0 Å². The van der Waals surface area contributed by atoms with Gasteiger partial charge in [-0.3, -0.25) is 0 Å². The highest BCUT2D eigenvalue weighted by atomic mass is 32.2. The monoisotopic (exact) mass is 747 g/mol. The fraction of sp³-hybridized carbons (Fsp3) is 0.333. The van der Waals surface area contributed by atoms with Crippen LogP contribution >= 0.6 is 11.8 Å². The van der Waals surface area contributed by atoms with Crippen LogP contribution in [-0.4, -0.2) is 0 Å². The van der Waals surface area contributed by atoms with Crippen molar-refractivity contribution in [3.63, 3.8) is 0 Å². The standard InChI is InChI=1S/C54H53NS/c1-52(2)26-27-53(3,4)51-45(52)19-13-20-47(51)55(42-24-22-38(23-25-42)37-14-7-5-8-15-37)48-34-50-46(33-43(48)39-16-9-6-10-17-39)54(44-18-11-12-21-49(44)56-50)40-29-35-28-36(31-40)32-41(54)30-35/h5-25,33-36,40-41H,26-32H2,1-4H3. The summed E-state index contributed by atoms with van der Waals surface area (Å²) >= 11 is 2.03. The topological polar surface area (TPSA) is 3.24 Å². The molecule has 0 aromatic heterocycles. The van der Waals surface area contributed by atoms with Crippen LogP contribution in [-0.2, 0) is 16.2 Å². The molecule has 1 spiro atoms. The Hall–Kier alpha value is -4.53. The first-order valence-electron chi connectivity index (χ1n) is 21.3. The first kappa shape index (κ1) is 34.7. The molecule has 0 amide bonds. The Morgan fingerprint density at radius 1 is 0.482 bits per heavy atom. The minimum atomic E-state index is 0.0307. The first-order valence-corrected chi connectivity index (χ1v) is 22.1. The highest BCUT2D eigenvalue weighted by Crippen LogP contribution is 2.69.